The average molecular weight is 324 g/mol. The molecule has 0 saturated heterocycles. The maximum absolute atomic E-state index is 11.8. The summed E-state index contributed by atoms with van der Waals surface area (Å²) in [4.78, 5) is 18.4. The lowest BCUT2D eigenvalue weighted by Crippen LogP contribution is -2.22. The highest BCUT2D eigenvalue weighted by molar-refractivity contribution is 6.06. The molecule has 0 aliphatic heterocycles. The number of nitrogens with two attached hydrogens (primary N) is 1. The van der Waals surface area contributed by atoms with E-state index in [0.29, 0.717) is 17.9 Å². The number of hydrogen-bond acceptors (Lipinski definition) is 5. The van der Waals surface area contributed by atoms with Crippen LogP contribution in [0.4, 0.5) is 5.82 Å². The van der Waals surface area contributed by atoms with Gasteiger partial charge in [-0.2, -0.15) is 0 Å². The van der Waals surface area contributed by atoms with Gasteiger partial charge in [0.25, 0.3) is 0 Å². The molecule has 3 aromatic rings. The van der Waals surface area contributed by atoms with E-state index >= 15 is 0 Å². The summed E-state index contributed by atoms with van der Waals surface area (Å²) in [5, 5.41) is 8.91. The number of aromatic nitrogens is 4. The molecule has 0 aliphatic carbocycles. The topological polar surface area (TPSA) is 89.9 Å². The number of fused-ring (bicyclic) bond motifs is 1. The first-order valence-corrected chi connectivity index (χ1v) is 7.76. The van der Waals surface area contributed by atoms with E-state index in [2.05, 4.69) is 29.0 Å². The van der Waals surface area contributed by atoms with E-state index in [0.717, 1.165) is 16.7 Å². The van der Waals surface area contributed by atoms with Crippen LogP contribution < -0.4 is 10.6 Å². The van der Waals surface area contributed by atoms with Crippen molar-refractivity contribution in [2.45, 2.75) is 26.4 Å². The third-order valence-electron chi connectivity index (χ3n) is 3.94. The minimum atomic E-state index is -0.464. The van der Waals surface area contributed by atoms with Gasteiger partial charge in [-0.1, -0.05) is 18.2 Å². The second kappa shape index (κ2) is 6.27. The number of primary amides is 1. The highest BCUT2D eigenvalue weighted by Crippen LogP contribution is 2.23. The number of benzene rings is 1. The van der Waals surface area contributed by atoms with Crippen molar-refractivity contribution in [2.24, 2.45) is 5.73 Å². The number of amides is 1. The van der Waals surface area contributed by atoms with Gasteiger partial charge in [-0.3, -0.25) is 4.79 Å². The zero-order chi connectivity index (χ0) is 17.3. The van der Waals surface area contributed by atoms with Crippen LogP contribution in [-0.4, -0.2) is 32.7 Å². The molecule has 2 aromatic heterocycles. The molecule has 0 bridgehead atoms. The molecule has 0 fully saturated rings. The maximum atomic E-state index is 11.8. The fourth-order valence-corrected chi connectivity index (χ4v) is 2.66. The van der Waals surface area contributed by atoms with Crippen molar-refractivity contribution in [3.8, 4) is 0 Å². The molecule has 1 aromatic carbocycles. The SMILES string of the molecule is CC(C)n1cnnc1CN(C)c1cc(C(N)=O)c2ccccc2n1. The molecule has 7 nitrogen and oxygen atoms in total. The highest BCUT2D eigenvalue weighted by Gasteiger charge is 2.15. The predicted octanol–water partition coefficient (Wildman–Crippen LogP) is 2.14. The number of rotatable bonds is 5. The first kappa shape index (κ1) is 15.9. The van der Waals surface area contributed by atoms with Gasteiger partial charge in [-0.05, 0) is 26.0 Å². The monoisotopic (exact) mass is 324 g/mol. The van der Waals surface area contributed by atoms with E-state index in [9.17, 15) is 4.79 Å². The molecule has 2 N–H and O–H groups in total. The van der Waals surface area contributed by atoms with Gasteiger partial charge in [0.15, 0.2) is 5.82 Å². The third-order valence-corrected chi connectivity index (χ3v) is 3.94. The molecule has 0 aliphatic rings. The third kappa shape index (κ3) is 2.92. The zero-order valence-corrected chi connectivity index (χ0v) is 14.0. The van der Waals surface area contributed by atoms with E-state index in [4.69, 9.17) is 5.73 Å². The first-order chi connectivity index (χ1) is 11.5. The van der Waals surface area contributed by atoms with Crippen molar-refractivity contribution in [1.29, 1.82) is 0 Å². The summed E-state index contributed by atoms with van der Waals surface area (Å²) >= 11 is 0. The molecular weight excluding hydrogens is 304 g/mol. The minimum Gasteiger partial charge on any atom is -0.366 e. The van der Waals surface area contributed by atoms with Crippen LogP contribution in [-0.2, 0) is 6.54 Å². The van der Waals surface area contributed by atoms with Crippen LogP contribution >= 0.6 is 0 Å². The Bertz CT molecular complexity index is 886. The minimum absolute atomic E-state index is 0.272. The summed E-state index contributed by atoms with van der Waals surface area (Å²) in [5.41, 5.74) is 6.74. The summed E-state index contributed by atoms with van der Waals surface area (Å²) in [6.45, 7) is 4.68. The Balaban J connectivity index is 1.99. The Morgan fingerprint density at radius 1 is 1.33 bits per heavy atom. The fourth-order valence-electron chi connectivity index (χ4n) is 2.66. The van der Waals surface area contributed by atoms with Gasteiger partial charge < -0.3 is 15.2 Å². The van der Waals surface area contributed by atoms with Crippen LogP contribution in [0.2, 0.25) is 0 Å². The van der Waals surface area contributed by atoms with Gasteiger partial charge in [0, 0.05) is 18.5 Å². The predicted molar refractivity (Wildman–Crippen MR) is 92.8 cm³/mol. The Morgan fingerprint density at radius 3 is 2.79 bits per heavy atom. The average Bonchev–Trinajstić information content (AvgIpc) is 3.02. The van der Waals surface area contributed by atoms with E-state index < -0.39 is 5.91 Å². The van der Waals surface area contributed by atoms with E-state index in [-0.39, 0.29) is 6.04 Å². The zero-order valence-electron chi connectivity index (χ0n) is 14.0. The summed E-state index contributed by atoms with van der Waals surface area (Å²) in [7, 11) is 1.90. The molecule has 124 valence electrons. The van der Waals surface area contributed by atoms with Crippen LogP contribution in [0.15, 0.2) is 36.7 Å². The van der Waals surface area contributed by atoms with E-state index in [1.807, 2.05) is 40.8 Å². The van der Waals surface area contributed by atoms with Gasteiger partial charge in [-0.15, -0.1) is 10.2 Å². The molecular formula is C17H20N6O. The van der Waals surface area contributed by atoms with E-state index in [1.165, 1.54) is 0 Å². The Morgan fingerprint density at radius 2 is 2.08 bits per heavy atom. The molecule has 2 heterocycles. The van der Waals surface area contributed by atoms with Gasteiger partial charge in [0.2, 0.25) is 5.91 Å². The van der Waals surface area contributed by atoms with Crippen LogP contribution in [0.25, 0.3) is 10.9 Å². The normalized spacial score (nSPS) is 11.2. The second-order valence-electron chi connectivity index (χ2n) is 6.01. The largest absolute Gasteiger partial charge is 0.366 e. The molecule has 0 radical (unpaired) electrons. The summed E-state index contributed by atoms with van der Waals surface area (Å²) in [5.74, 6) is 1.04. The lowest BCUT2D eigenvalue weighted by Gasteiger charge is -2.20. The van der Waals surface area contributed by atoms with Crippen LogP contribution in [0.5, 0.6) is 0 Å². The molecule has 0 saturated carbocycles. The van der Waals surface area contributed by atoms with E-state index in [1.54, 1.807) is 12.4 Å². The van der Waals surface area contributed by atoms with Crippen LogP contribution in [0.3, 0.4) is 0 Å². The van der Waals surface area contributed by atoms with Crippen molar-refractivity contribution in [3.05, 3.63) is 48.0 Å². The molecule has 1 amide bonds. The number of nitrogens with zero attached hydrogens (tertiary/aromatic N) is 5. The number of anilines is 1. The van der Waals surface area contributed by atoms with Crippen LogP contribution in [0, 0.1) is 0 Å². The number of carbonyl (C=O) groups is 1. The van der Waals surface area contributed by atoms with Crippen molar-refractivity contribution >= 4 is 22.6 Å². The van der Waals surface area contributed by atoms with Crippen molar-refractivity contribution < 1.29 is 4.79 Å². The fraction of sp³-hybridized carbons (Fsp3) is 0.294. The number of hydrogen-bond donors (Lipinski definition) is 1. The van der Waals surface area contributed by atoms with Crippen molar-refractivity contribution in [2.75, 3.05) is 11.9 Å². The van der Waals surface area contributed by atoms with Crippen LogP contribution in [0.1, 0.15) is 36.1 Å². The summed E-state index contributed by atoms with van der Waals surface area (Å²) < 4.78 is 2.01. The highest BCUT2D eigenvalue weighted by atomic mass is 16.1. The quantitative estimate of drug-likeness (QED) is 0.776. The number of pyridine rings is 1. The summed E-state index contributed by atoms with van der Waals surface area (Å²) in [6, 6.07) is 9.47. The molecule has 0 atom stereocenters. The molecule has 3 rings (SSSR count). The standard InChI is InChI=1S/C17H20N6O/c1-11(2)23-10-19-21-16(23)9-22(3)15-8-13(17(18)24)12-6-4-5-7-14(12)20-15/h4-8,10-11H,9H2,1-3H3,(H2,18,24). The lowest BCUT2D eigenvalue weighted by molar-refractivity contribution is 0.100. The Kier molecular flexibility index (Phi) is 4.16. The van der Waals surface area contributed by atoms with Crippen molar-refractivity contribution in [3.63, 3.8) is 0 Å². The Labute approximate surface area is 140 Å². The molecule has 7 heteroatoms. The van der Waals surface area contributed by atoms with Gasteiger partial charge >= 0.3 is 0 Å². The number of para-hydroxylation sites is 1. The molecule has 0 spiro atoms. The summed E-state index contributed by atoms with van der Waals surface area (Å²) in [6.07, 6.45) is 1.72. The molecule has 24 heavy (non-hydrogen) atoms. The second-order valence-corrected chi connectivity index (χ2v) is 6.01. The van der Waals surface area contributed by atoms with Crippen molar-refractivity contribution in [1.82, 2.24) is 19.7 Å². The molecule has 0 unspecified atom stereocenters. The Hall–Kier alpha value is -2.96. The smallest absolute Gasteiger partial charge is 0.249 e. The first-order valence-electron chi connectivity index (χ1n) is 7.76. The van der Waals surface area contributed by atoms with Gasteiger partial charge in [0.05, 0.1) is 17.6 Å². The number of carbonyl (C=O) groups excluding carboxylic acids is 1. The maximum Gasteiger partial charge on any atom is 0.249 e. The lowest BCUT2D eigenvalue weighted by atomic mass is 10.1. The van der Waals surface area contributed by atoms with Gasteiger partial charge in [0.1, 0.15) is 12.1 Å². The van der Waals surface area contributed by atoms with Gasteiger partial charge in [-0.25, -0.2) is 4.98 Å².